The Labute approximate surface area is 119 Å². The first kappa shape index (κ1) is 13.2. The number of H-pyrrole nitrogens is 1. The van der Waals surface area contributed by atoms with Crippen molar-refractivity contribution in [3.05, 3.63) is 50.1 Å². The number of halogens is 1. The monoisotopic (exact) mass is 356 g/mol. The van der Waals surface area contributed by atoms with Crippen molar-refractivity contribution in [3.8, 4) is 11.3 Å². The van der Waals surface area contributed by atoms with Crippen molar-refractivity contribution in [2.45, 2.75) is 13.5 Å². The molecule has 2 rings (SSSR count). The van der Waals surface area contributed by atoms with Gasteiger partial charge in [-0.1, -0.05) is 30.3 Å². The van der Waals surface area contributed by atoms with Gasteiger partial charge in [-0.2, -0.15) is 0 Å². The maximum absolute atomic E-state index is 11.8. The summed E-state index contributed by atoms with van der Waals surface area (Å²) in [4.78, 5) is 19.0. The van der Waals surface area contributed by atoms with E-state index in [0.29, 0.717) is 28.3 Å². The summed E-state index contributed by atoms with van der Waals surface area (Å²) in [6, 6.07) is 9.67. The highest BCUT2D eigenvalue weighted by Crippen LogP contribution is 2.20. The summed E-state index contributed by atoms with van der Waals surface area (Å²) < 4.78 is 5.87. The minimum absolute atomic E-state index is 0.126. The lowest BCUT2D eigenvalue weighted by molar-refractivity contribution is 0.128. The molecular weight excluding hydrogens is 343 g/mol. The fourth-order valence-electron chi connectivity index (χ4n) is 1.56. The van der Waals surface area contributed by atoms with Crippen LogP contribution in [0.25, 0.3) is 11.3 Å². The molecular formula is C13H13IN2O2. The van der Waals surface area contributed by atoms with Crippen LogP contribution in [0.4, 0.5) is 0 Å². The van der Waals surface area contributed by atoms with Crippen LogP contribution in [0.2, 0.25) is 0 Å². The predicted molar refractivity (Wildman–Crippen MR) is 78.3 cm³/mol. The first-order valence-electron chi connectivity index (χ1n) is 5.64. The highest BCUT2D eigenvalue weighted by atomic mass is 127. The topological polar surface area (TPSA) is 55.0 Å². The van der Waals surface area contributed by atoms with E-state index in [9.17, 15) is 4.79 Å². The van der Waals surface area contributed by atoms with Crippen molar-refractivity contribution in [3.63, 3.8) is 0 Å². The van der Waals surface area contributed by atoms with E-state index in [-0.39, 0.29) is 5.56 Å². The Morgan fingerprint density at radius 2 is 2.06 bits per heavy atom. The van der Waals surface area contributed by atoms with Crippen molar-refractivity contribution in [2.24, 2.45) is 0 Å². The Balaban J connectivity index is 2.46. The largest absolute Gasteiger partial charge is 0.374 e. The molecule has 0 spiro atoms. The van der Waals surface area contributed by atoms with Gasteiger partial charge in [0.2, 0.25) is 0 Å². The zero-order valence-electron chi connectivity index (χ0n) is 9.94. The SMILES string of the molecule is CCOCc1nc(-c2ccccc2)c(I)c(=O)[nH]1. The van der Waals surface area contributed by atoms with E-state index in [1.165, 1.54) is 0 Å². The van der Waals surface area contributed by atoms with Gasteiger partial charge in [-0.15, -0.1) is 0 Å². The Kier molecular flexibility index (Phi) is 4.48. The summed E-state index contributed by atoms with van der Waals surface area (Å²) in [5.74, 6) is 0.557. The van der Waals surface area contributed by atoms with Gasteiger partial charge < -0.3 is 9.72 Å². The van der Waals surface area contributed by atoms with Gasteiger partial charge in [-0.3, -0.25) is 4.79 Å². The second-order valence-electron chi connectivity index (χ2n) is 3.68. The third-order valence-corrected chi connectivity index (χ3v) is 3.40. The van der Waals surface area contributed by atoms with E-state index < -0.39 is 0 Å². The van der Waals surface area contributed by atoms with E-state index >= 15 is 0 Å². The highest BCUT2D eigenvalue weighted by Gasteiger charge is 2.10. The number of benzene rings is 1. The van der Waals surface area contributed by atoms with E-state index in [4.69, 9.17) is 4.74 Å². The lowest BCUT2D eigenvalue weighted by Gasteiger charge is -2.06. The maximum Gasteiger partial charge on any atom is 0.265 e. The number of hydrogen-bond donors (Lipinski definition) is 1. The fraction of sp³-hybridized carbons (Fsp3) is 0.231. The van der Waals surface area contributed by atoms with E-state index in [1.54, 1.807) is 0 Å². The minimum atomic E-state index is -0.126. The van der Waals surface area contributed by atoms with Gasteiger partial charge in [0.1, 0.15) is 16.0 Å². The van der Waals surface area contributed by atoms with Crippen LogP contribution in [0.3, 0.4) is 0 Å². The molecule has 18 heavy (non-hydrogen) atoms. The molecule has 1 aromatic carbocycles. The molecule has 0 bridgehead atoms. The van der Waals surface area contributed by atoms with Crippen LogP contribution in [-0.4, -0.2) is 16.6 Å². The van der Waals surface area contributed by atoms with Gasteiger partial charge in [0.15, 0.2) is 0 Å². The van der Waals surface area contributed by atoms with Gasteiger partial charge in [0.25, 0.3) is 5.56 Å². The number of hydrogen-bond acceptors (Lipinski definition) is 3. The number of ether oxygens (including phenoxy) is 1. The molecule has 0 unspecified atom stereocenters. The van der Waals surface area contributed by atoms with Crippen LogP contribution in [0, 0.1) is 3.57 Å². The molecule has 0 atom stereocenters. The number of nitrogens with zero attached hydrogens (tertiary/aromatic N) is 1. The lowest BCUT2D eigenvalue weighted by atomic mass is 10.1. The van der Waals surface area contributed by atoms with Crippen molar-refractivity contribution in [2.75, 3.05) is 6.61 Å². The third kappa shape index (κ3) is 2.97. The molecule has 1 heterocycles. The number of aromatic amines is 1. The molecule has 0 aliphatic heterocycles. The van der Waals surface area contributed by atoms with Gasteiger partial charge in [-0.05, 0) is 29.5 Å². The van der Waals surface area contributed by atoms with E-state index in [2.05, 4.69) is 9.97 Å². The number of aromatic nitrogens is 2. The zero-order chi connectivity index (χ0) is 13.0. The van der Waals surface area contributed by atoms with Gasteiger partial charge in [0.05, 0.1) is 5.69 Å². The average molecular weight is 356 g/mol. The summed E-state index contributed by atoms with van der Waals surface area (Å²) >= 11 is 2.02. The van der Waals surface area contributed by atoms with Gasteiger partial charge in [0, 0.05) is 12.2 Å². The standard InChI is InChI=1S/C13H13IN2O2/c1-2-18-8-10-15-12(11(14)13(17)16-10)9-6-4-3-5-7-9/h3-7H,2,8H2,1H3,(H,15,16,17). The first-order chi connectivity index (χ1) is 8.72. The van der Waals surface area contributed by atoms with Gasteiger partial charge in [-0.25, -0.2) is 4.98 Å². The second-order valence-corrected chi connectivity index (χ2v) is 4.76. The third-order valence-electron chi connectivity index (χ3n) is 2.40. The quantitative estimate of drug-likeness (QED) is 0.857. The summed E-state index contributed by atoms with van der Waals surface area (Å²) in [6.07, 6.45) is 0. The van der Waals surface area contributed by atoms with Crippen LogP contribution < -0.4 is 5.56 Å². The molecule has 0 aliphatic carbocycles. The molecule has 2 aromatic rings. The molecule has 0 aliphatic rings. The maximum atomic E-state index is 11.8. The molecule has 94 valence electrons. The zero-order valence-corrected chi connectivity index (χ0v) is 12.1. The van der Waals surface area contributed by atoms with Crippen LogP contribution in [0.1, 0.15) is 12.7 Å². The van der Waals surface area contributed by atoms with Crippen molar-refractivity contribution in [1.82, 2.24) is 9.97 Å². The minimum Gasteiger partial charge on any atom is -0.374 e. The molecule has 0 radical (unpaired) electrons. The van der Waals surface area contributed by atoms with Gasteiger partial charge >= 0.3 is 0 Å². The molecule has 1 N–H and O–H groups in total. The average Bonchev–Trinajstić information content (AvgIpc) is 2.41. The number of nitrogens with one attached hydrogen (secondary N) is 1. The summed E-state index contributed by atoms with van der Waals surface area (Å²) in [6.45, 7) is 2.82. The molecule has 0 saturated carbocycles. The molecule has 1 aromatic heterocycles. The summed E-state index contributed by atoms with van der Waals surface area (Å²) in [5, 5.41) is 0. The Bertz CT molecular complexity index is 581. The fourth-order valence-corrected chi connectivity index (χ4v) is 2.13. The number of rotatable bonds is 4. The Morgan fingerprint density at radius 1 is 1.33 bits per heavy atom. The van der Waals surface area contributed by atoms with Crippen molar-refractivity contribution >= 4 is 22.6 Å². The van der Waals surface area contributed by atoms with Crippen LogP contribution >= 0.6 is 22.6 Å². The molecule has 0 saturated heterocycles. The normalized spacial score (nSPS) is 10.6. The smallest absolute Gasteiger partial charge is 0.265 e. The predicted octanol–water partition coefficient (Wildman–Crippen LogP) is 2.58. The molecule has 0 amide bonds. The summed E-state index contributed by atoms with van der Waals surface area (Å²) in [7, 11) is 0. The van der Waals surface area contributed by atoms with Crippen LogP contribution in [0.15, 0.2) is 35.1 Å². The van der Waals surface area contributed by atoms with E-state index in [1.807, 2.05) is 59.8 Å². The van der Waals surface area contributed by atoms with Crippen LogP contribution in [-0.2, 0) is 11.3 Å². The Hall–Kier alpha value is -1.21. The second kappa shape index (κ2) is 6.10. The lowest BCUT2D eigenvalue weighted by Crippen LogP contribution is -2.17. The molecule has 4 nitrogen and oxygen atoms in total. The molecule has 5 heteroatoms. The first-order valence-corrected chi connectivity index (χ1v) is 6.72. The summed E-state index contributed by atoms with van der Waals surface area (Å²) in [5.41, 5.74) is 1.51. The van der Waals surface area contributed by atoms with E-state index in [0.717, 1.165) is 5.56 Å². The van der Waals surface area contributed by atoms with Crippen LogP contribution in [0.5, 0.6) is 0 Å². The molecule has 0 fully saturated rings. The van der Waals surface area contributed by atoms with Crippen molar-refractivity contribution < 1.29 is 4.74 Å². The Morgan fingerprint density at radius 3 is 2.72 bits per heavy atom. The highest BCUT2D eigenvalue weighted by molar-refractivity contribution is 14.1. The van der Waals surface area contributed by atoms with Crippen molar-refractivity contribution in [1.29, 1.82) is 0 Å².